The molecule has 0 aromatic heterocycles. The first-order chi connectivity index (χ1) is 13.2. The largest absolute Gasteiger partial charge is 0.493 e. The maximum absolute atomic E-state index is 12.4. The summed E-state index contributed by atoms with van der Waals surface area (Å²) in [5.74, 6) is 1.60. The highest BCUT2D eigenvalue weighted by atomic mass is 35.5. The first kappa shape index (κ1) is 22.1. The van der Waals surface area contributed by atoms with Gasteiger partial charge in [-0.25, -0.2) is 0 Å². The Bertz CT molecular complexity index is 755. The van der Waals surface area contributed by atoms with Crippen LogP contribution in [0.3, 0.4) is 0 Å². The summed E-state index contributed by atoms with van der Waals surface area (Å²) < 4.78 is 11.3. The van der Waals surface area contributed by atoms with E-state index < -0.39 is 0 Å². The number of ether oxygens (including phenoxy) is 2. The van der Waals surface area contributed by atoms with E-state index in [0.717, 1.165) is 30.5 Å². The van der Waals surface area contributed by atoms with E-state index >= 15 is 0 Å². The molecule has 1 aliphatic heterocycles. The number of hydrogen-bond donors (Lipinski definition) is 2. The number of amides is 1. The summed E-state index contributed by atoms with van der Waals surface area (Å²) in [4.78, 5) is 12.4. The minimum atomic E-state index is 0. The third kappa shape index (κ3) is 6.14. The molecule has 28 heavy (non-hydrogen) atoms. The van der Waals surface area contributed by atoms with Crippen LogP contribution in [-0.4, -0.2) is 25.6 Å². The fraction of sp³-hybridized carbons (Fsp3) is 0.409. The van der Waals surface area contributed by atoms with Gasteiger partial charge in [0.25, 0.3) is 0 Å². The SMILES string of the molecule is COc1cc(CNC(=O)[C@H]2CCN[C@@H](C)C2)ccc1OCc1ccccc1.Cl. The van der Waals surface area contributed by atoms with Gasteiger partial charge in [0.05, 0.1) is 7.11 Å². The molecule has 1 saturated heterocycles. The van der Waals surface area contributed by atoms with Gasteiger partial charge < -0.3 is 20.1 Å². The molecule has 1 fully saturated rings. The maximum atomic E-state index is 12.4. The van der Waals surface area contributed by atoms with Crippen molar-refractivity contribution in [1.29, 1.82) is 0 Å². The van der Waals surface area contributed by atoms with Gasteiger partial charge in [-0.2, -0.15) is 0 Å². The van der Waals surface area contributed by atoms with Gasteiger partial charge in [-0.15, -0.1) is 12.4 Å². The van der Waals surface area contributed by atoms with Crippen molar-refractivity contribution in [2.24, 2.45) is 5.92 Å². The number of halogens is 1. The lowest BCUT2D eigenvalue weighted by molar-refractivity contribution is -0.126. The van der Waals surface area contributed by atoms with Crippen molar-refractivity contribution in [2.45, 2.75) is 39.0 Å². The van der Waals surface area contributed by atoms with E-state index in [1.165, 1.54) is 0 Å². The molecule has 2 N–H and O–H groups in total. The predicted molar refractivity (Wildman–Crippen MR) is 113 cm³/mol. The number of methoxy groups -OCH3 is 1. The quantitative estimate of drug-likeness (QED) is 0.738. The highest BCUT2D eigenvalue weighted by Crippen LogP contribution is 2.29. The minimum absolute atomic E-state index is 0. The van der Waals surface area contributed by atoms with Crippen molar-refractivity contribution in [3.8, 4) is 11.5 Å². The van der Waals surface area contributed by atoms with Crippen LogP contribution in [0.15, 0.2) is 48.5 Å². The molecule has 3 rings (SSSR count). The van der Waals surface area contributed by atoms with Gasteiger partial charge in [0.1, 0.15) is 6.61 Å². The summed E-state index contributed by atoms with van der Waals surface area (Å²) in [6.07, 6.45) is 1.78. The van der Waals surface area contributed by atoms with Gasteiger partial charge >= 0.3 is 0 Å². The lowest BCUT2D eigenvalue weighted by Crippen LogP contribution is -2.42. The van der Waals surface area contributed by atoms with Gasteiger partial charge in [-0.3, -0.25) is 4.79 Å². The van der Waals surface area contributed by atoms with Gasteiger partial charge in [0.15, 0.2) is 11.5 Å². The maximum Gasteiger partial charge on any atom is 0.223 e. The standard InChI is InChI=1S/C22H28N2O3.ClH/c1-16-12-19(10-11-23-16)22(25)24-14-18-8-9-20(21(13-18)26-2)27-15-17-6-4-3-5-7-17;/h3-9,13,16,19,23H,10-12,14-15H2,1-2H3,(H,24,25);1H/t16-,19-;/m0./s1. The van der Waals surface area contributed by atoms with Crippen molar-refractivity contribution >= 4 is 18.3 Å². The Labute approximate surface area is 173 Å². The third-order valence-electron chi connectivity index (χ3n) is 4.93. The Morgan fingerprint density at radius 2 is 1.93 bits per heavy atom. The zero-order valence-corrected chi connectivity index (χ0v) is 17.3. The second-order valence-corrected chi connectivity index (χ2v) is 7.05. The van der Waals surface area contributed by atoms with Crippen molar-refractivity contribution in [2.75, 3.05) is 13.7 Å². The molecule has 152 valence electrons. The molecule has 0 bridgehead atoms. The number of rotatable bonds is 7. The highest BCUT2D eigenvalue weighted by molar-refractivity contribution is 5.85. The average molecular weight is 405 g/mol. The summed E-state index contributed by atoms with van der Waals surface area (Å²) in [6.45, 7) is 4.01. The van der Waals surface area contributed by atoms with Gasteiger partial charge in [0, 0.05) is 18.5 Å². The molecule has 1 heterocycles. The lowest BCUT2D eigenvalue weighted by atomic mass is 9.92. The van der Waals surface area contributed by atoms with E-state index in [4.69, 9.17) is 9.47 Å². The molecule has 0 saturated carbocycles. The number of nitrogens with one attached hydrogen (secondary N) is 2. The molecular weight excluding hydrogens is 376 g/mol. The zero-order chi connectivity index (χ0) is 19.1. The Hall–Kier alpha value is -2.24. The second kappa shape index (κ2) is 10.9. The molecular formula is C22H29ClN2O3. The third-order valence-corrected chi connectivity index (χ3v) is 4.93. The van der Waals surface area contributed by atoms with Crippen LogP contribution in [0, 0.1) is 5.92 Å². The number of carbonyl (C=O) groups excluding carboxylic acids is 1. The lowest BCUT2D eigenvalue weighted by Gasteiger charge is -2.27. The molecule has 5 nitrogen and oxygen atoms in total. The number of benzene rings is 2. The van der Waals surface area contributed by atoms with Crippen LogP contribution >= 0.6 is 12.4 Å². The van der Waals surface area contributed by atoms with Crippen LogP contribution in [0.1, 0.15) is 30.9 Å². The highest BCUT2D eigenvalue weighted by Gasteiger charge is 2.24. The minimum Gasteiger partial charge on any atom is -0.493 e. The fourth-order valence-corrected chi connectivity index (χ4v) is 3.38. The van der Waals surface area contributed by atoms with Crippen LogP contribution in [0.4, 0.5) is 0 Å². The number of hydrogen-bond acceptors (Lipinski definition) is 4. The zero-order valence-electron chi connectivity index (χ0n) is 16.4. The molecule has 2 aromatic rings. The Kier molecular flexibility index (Phi) is 8.61. The average Bonchev–Trinajstić information content (AvgIpc) is 2.71. The van der Waals surface area contributed by atoms with E-state index in [0.29, 0.717) is 30.7 Å². The Balaban J connectivity index is 0.00000280. The number of piperidine rings is 1. The van der Waals surface area contributed by atoms with Crippen LogP contribution in [0.5, 0.6) is 11.5 Å². The predicted octanol–water partition coefficient (Wildman–Crippen LogP) is 3.70. The van der Waals surface area contributed by atoms with E-state index in [2.05, 4.69) is 17.6 Å². The van der Waals surface area contributed by atoms with E-state index in [1.807, 2.05) is 48.5 Å². The Morgan fingerprint density at radius 3 is 2.64 bits per heavy atom. The molecule has 2 aromatic carbocycles. The molecule has 2 atom stereocenters. The van der Waals surface area contributed by atoms with Gasteiger partial charge in [0.2, 0.25) is 5.91 Å². The molecule has 1 aliphatic rings. The van der Waals surface area contributed by atoms with Crippen molar-refractivity contribution in [1.82, 2.24) is 10.6 Å². The smallest absolute Gasteiger partial charge is 0.223 e. The summed E-state index contributed by atoms with van der Waals surface area (Å²) in [7, 11) is 1.63. The van der Waals surface area contributed by atoms with E-state index in [1.54, 1.807) is 7.11 Å². The molecule has 1 amide bonds. The van der Waals surface area contributed by atoms with Gasteiger partial charge in [-0.1, -0.05) is 36.4 Å². The van der Waals surface area contributed by atoms with Crippen LogP contribution in [0.25, 0.3) is 0 Å². The summed E-state index contributed by atoms with van der Waals surface area (Å²) in [5.41, 5.74) is 2.10. The van der Waals surface area contributed by atoms with Gasteiger partial charge in [-0.05, 0) is 49.6 Å². The fourth-order valence-electron chi connectivity index (χ4n) is 3.38. The normalized spacial score (nSPS) is 18.6. The van der Waals surface area contributed by atoms with Crippen molar-refractivity contribution < 1.29 is 14.3 Å². The summed E-state index contributed by atoms with van der Waals surface area (Å²) in [6, 6.07) is 16.2. The second-order valence-electron chi connectivity index (χ2n) is 7.05. The number of carbonyl (C=O) groups is 1. The van der Waals surface area contributed by atoms with Crippen LogP contribution < -0.4 is 20.1 Å². The molecule has 0 radical (unpaired) electrons. The molecule has 0 aliphatic carbocycles. The topological polar surface area (TPSA) is 59.6 Å². The molecule has 0 spiro atoms. The monoisotopic (exact) mass is 404 g/mol. The molecule has 6 heteroatoms. The first-order valence-corrected chi connectivity index (χ1v) is 9.50. The Morgan fingerprint density at radius 1 is 1.14 bits per heavy atom. The van der Waals surface area contributed by atoms with E-state index in [-0.39, 0.29) is 24.2 Å². The van der Waals surface area contributed by atoms with Crippen molar-refractivity contribution in [3.63, 3.8) is 0 Å². The first-order valence-electron chi connectivity index (χ1n) is 9.50. The van der Waals surface area contributed by atoms with Crippen LogP contribution in [0.2, 0.25) is 0 Å². The van der Waals surface area contributed by atoms with Crippen LogP contribution in [-0.2, 0) is 17.9 Å². The van der Waals surface area contributed by atoms with Crippen molar-refractivity contribution in [3.05, 3.63) is 59.7 Å². The summed E-state index contributed by atoms with van der Waals surface area (Å²) >= 11 is 0. The van der Waals surface area contributed by atoms with E-state index in [9.17, 15) is 4.79 Å². The molecule has 0 unspecified atom stereocenters. The summed E-state index contributed by atoms with van der Waals surface area (Å²) in [5, 5.41) is 6.43.